The van der Waals surface area contributed by atoms with Crippen LogP contribution < -0.4 is 0 Å². The minimum absolute atomic E-state index is 0.331. The summed E-state index contributed by atoms with van der Waals surface area (Å²) >= 11 is 0. The second-order valence-electron chi connectivity index (χ2n) is 9.72. The van der Waals surface area contributed by atoms with Gasteiger partial charge in [0.05, 0.1) is 11.6 Å². The quantitative estimate of drug-likeness (QED) is 0.808. The molecule has 0 atom stereocenters. The van der Waals surface area contributed by atoms with Crippen LogP contribution in [0.5, 0.6) is 0 Å². The van der Waals surface area contributed by atoms with E-state index in [1.807, 2.05) is 12.1 Å². The van der Waals surface area contributed by atoms with Gasteiger partial charge in [-0.15, -0.1) is 0 Å². The molecule has 4 aliphatic carbocycles. The highest BCUT2D eigenvalue weighted by molar-refractivity contribution is 5.80. The summed E-state index contributed by atoms with van der Waals surface area (Å²) in [5, 5.41) is 8.95. The number of hydrogen-bond acceptors (Lipinski definition) is 3. The molecule has 0 aromatic heterocycles. The van der Waals surface area contributed by atoms with Crippen molar-refractivity contribution in [2.45, 2.75) is 45.1 Å². The first-order valence-electron chi connectivity index (χ1n) is 11.2. The van der Waals surface area contributed by atoms with Crippen molar-refractivity contribution in [3.63, 3.8) is 0 Å². The number of benzene rings is 1. The monoisotopic (exact) mass is 377 g/mol. The lowest BCUT2D eigenvalue weighted by Crippen LogP contribution is -2.52. The Morgan fingerprint density at radius 2 is 1.61 bits per heavy atom. The van der Waals surface area contributed by atoms with Crippen molar-refractivity contribution >= 4 is 5.91 Å². The van der Waals surface area contributed by atoms with E-state index in [0.29, 0.717) is 29.2 Å². The van der Waals surface area contributed by atoms with E-state index in [2.05, 4.69) is 28.0 Å². The Labute approximate surface area is 168 Å². The summed E-state index contributed by atoms with van der Waals surface area (Å²) in [6, 6.07) is 10.1. The zero-order valence-electron chi connectivity index (χ0n) is 16.7. The largest absolute Gasteiger partial charge is 0.341 e. The van der Waals surface area contributed by atoms with Gasteiger partial charge in [-0.25, -0.2) is 0 Å². The maximum absolute atomic E-state index is 13.5. The van der Waals surface area contributed by atoms with Crippen LogP contribution in [0.4, 0.5) is 0 Å². The maximum Gasteiger partial charge on any atom is 0.226 e. The Morgan fingerprint density at radius 3 is 2.25 bits per heavy atom. The minimum atomic E-state index is 0.331. The number of rotatable bonds is 3. The fourth-order valence-electron chi connectivity index (χ4n) is 6.83. The molecule has 4 nitrogen and oxygen atoms in total. The molecule has 1 aliphatic heterocycles. The van der Waals surface area contributed by atoms with E-state index in [4.69, 9.17) is 5.26 Å². The Morgan fingerprint density at radius 1 is 0.929 bits per heavy atom. The van der Waals surface area contributed by atoms with Crippen LogP contribution in [0.1, 0.15) is 49.7 Å². The molecule has 28 heavy (non-hydrogen) atoms. The highest BCUT2D eigenvalue weighted by atomic mass is 16.2. The van der Waals surface area contributed by atoms with E-state index < -0.39 is 0 Å². The van der Waals surface area contributed by atoms with Crippen molar-refractivity contribution in [1.29, 1.82) is 5.26 Å². The molecule has 4 bridgehead atoms. The lowest BCUT2D eigenvalue weighted by molar-refractivity contribution is -0.149. The Hall–Kier alpha value is -1.86. The first-order valence-corrected chi connectivity index (χ1v) is 11.2. The van der Waals surface area contributed by atoms with Crippen LogP contribution in [0.2, 0.25) is 0 Å². The van der Waals surface area contributed by atoms with Gasteiger partial charge in [-0.05, 0) is 79.9 Å². The second kappa shape index (κ2) is 7.52. The van der Waals surface area contributed by atoms with Gasteiger partial charge in [-0.2, -0.15) is 5.26 Å². The summed E-state index contributed by atoms with van der Waals surface area (Å²) in [6.07, 6.45) is 7.80. The molecule has 0 spiro atoms. The van der Waals surface area contributed by atoms with Gasteiger partial charge >= 0.3 is 0 Å². The average Bonchev–Trinajstić information content (AvgIpc) is 2.93. The lowest BCUT2D eigenvalue weighted by atomic mass is 9.51. The summed E-state index contributed by atoms with van der Waals surface area (Å²) in [5.74, 6) is 4.03. The first kappa shape index (κ1) is 18.2. The summed E-state index contributed by atoms with van der Waals surface area (Å²) in [5.41, 5.74) is 1.96. The molecule has 5 fully saturated rings. The van der Waals surface area contributed by atoms with Crippen LogP contribution in [0, 0.1) is 40.9 Å². The average molecular weight is 378 g/mol. The molecule has 148 valence electrons. The summed E-state index contributed by atoms with van der Waals surface area (Å²) < 4.78 is 0. The van der Waals surface area contributed by atoms with Crippen molar-refractivity contribution < 1.29 is 4.79 Å². The van der Waals surface area contributed by atoms with Crippen molar-refractivity contribution in [1.82, 2.24) is 9.80 Å². The summed E-state index contributed by atoms with van der Waals surface area (Å²) in [7, 11) is 0. The maximum atomic E-state index is 13.5. The minimum Gasteiger partial charge on any atom is -0.341 e. The van der Waals surface area contributed by atoms with E-state index in [-0.39, 0.29) is 0 Å². The Bertz CT molecular complexity index is 737. The number of carbonyl (C=O) groups is 1. The van der Waals surface area contributed by atoms with Crippen LogP contribution in [-0.2, 0) is 11.3 Å². The van der Waals surface area contributed by atoms with Crippen LogP contribution in [-0.4, -0.2) is 41.9 Å². The Balaban J connectivity index is 1.20. The summed E-state index contributed by atoms with van der Waals surface area (Å²) in [6.45, 7) is 4.71. The highest BCUT2D eigenvalue weighted by Gasteiger charge is 2.51. The van der Waals surface area contributed by atoms with Crippen molar-refractivity contribution in [3.05, 3.63) is 35.4 Å². The lowest BCUT2D eigenvalue weighted by Gasteiger charge is -2.54. The Kier molecular flexibility index (Phi) is 4.88. The van der Waals surface area contributed by atoms with E-state index in [9.17, 15) is 4.79 Å². The van der Waals surface area contributed by atoms with Crippen LogP contribution in [0.15, 0.2) is 24.3 Å². The third kappa shape index (κ3) is 3.46. The molecule has 6 rings (SSSR count). The molecule has 1 aromatic carbocycles. The number of carbonyl (C=O) groups excluding carboxylic acids is 1. The van der Waals surface area contributed by atoms with Crippen LogP contribution >= 0.6 is 0 Å². The number of amides is 1. The van der Waals surface area contributed by atoms with Gasteiger partial charge < -0.3 is 4.90 Å². The third-order valence-electron chi connectivity index (χ3n) is 7.90. The zero-order chi connectivity index (χ0) is 19.1. The van der Waals surface area contributed by atoms with Gasteiger partial charge in [0.15, 0.2) is 0 Å². The topological polar surface area (TPSA) is 47.3 Å². The number of nitriles is 1. The normalized spacial score (nSPS) is 34.8. The second-order valence-corrected chi connectivity index (χ2v) is 9.72. The third-order valence-corrected chi connectivity index (χ3v) is 7.90. The SMILES string of the molecule is N#Cc1ccc(CN2CCCN(C(=O)C3C4CC5CC(C4)CC3C5)CC2)cc1. The predicted octanol–water partition coefficient (Wildman–Crippen LogP) is 3.66. The van der Waals surface area contributed by atoms with Crippen LogP contribution in [0.25, 0.3) is 0 Å². The first-order chi connectivity index (χ1) is 13.7. The number of nitrogens with zero attached hydrogens (tertiary/aromatic N) is 3. The molecule has 1 aromatic rings. The predicted molar refractivity (Wildman–Crippen MR) is 108 cm³/mol. The van der Waals surface area contributed by atoms with Gasteiger partial charge in [0.25, 0.3) is 0 Å². The summed E-state index contributed by atoms with van der Waals surface area (Å²) in [4.78, 5) is 18.1. The van der Waals surface area contributed by atoms with Gasteiger partial charge in [-0.3, -0.25) is 9.69 Å². The molecule has 4 heteroatoms. The molecule has 1 saturated heterocycles. The van der Waals surface area contributed by atoms with E-state index >= 15 is 0 Å². The smallest absolute Gasteiger partial charge is 0.226 e. The van der Waals surface area contributed by atoms with E-state index in [1.54, 1.807) is 0 Å². The van der Waals surface area contributed by atoms with Crippen molar-refractivity contribution in [3.8, 4) is 6.07 Å². The fraction of sp³-hybridized carbons (Fsp3) is 0.667. The molecule has 1 heterocycles. The molecule has 4 saturated carbocycles. The molecule has 0 radical (unpaired) electrons. The van der Waals surface area contributed by atoms with E-state index in [0.717, 1.165) is 51.0 Å². The van der Waals surface area contributed by atoms with Crippen molar-refractivity contribution in [2.24, 2.45) is 29.6 Å². The van der Waals surface area contributed by atoms with Crippen LogP contribution in [0.3, 0.4) is 0 Å². The van der Waals surface area contributed by atoms with E-state index in [1.165, 1.54) is 37.7 Å². The van der Waals surface area contributed by atoms with Gasteiger partial charge in [-0.1, -0.05) is 12.1 Å². The molecule has 0 N–H and O–H groups in total. The molecule has 5 aliphatic rings. The number of hydrogen-bond donors (Lipinski definition) is 0. The molecular weight excluding hydrogens is 346 g/mol. The fourth-order valence-corrected chi connectivity index (χ4v) is 6.83. The molecular formula is C24H31N3O. The van der Waals surface area contributed by atoms with Crippen molar-refractivity contribution in [2.75, 3.05) is 26.2 Å². The standard InChI is InChI=1S/C24H31N3O/c25-15-17-2-4-18(5-3-17)16-26-6-1-7-27(9-8-26)24(28)23-21-11-19-10-20(13-21)14-22(23)12-19/h2-5,19-23H,1,6-14,16H2. The van der Waals surface area contributed by atoms with Gasteiger partial charge in [0.1, 0.15) is 0 Å². The molecule has 1 amide bonds. The van der Waals surface area contributed by atoms with Gasteiger partial charge in [0, 0.05) is 38.6 Å². The van der Waals surface area contributed by atoms with Gasteiger partial charge in [0.2, 0.25) is 5.91 Å². The zero-order valence-corrected chi connectivity index (χ0v) is 16.7. The highest BCUT2D eigenvalue weighted by Crippen LogP contribution is 2.56. The molecule has 0 unspecified atom stereocenters.